The van der Waals surface area contributed by atoms with Crippen molar-refractivity contribution in [2.24, 2.45) is 0 Å². The molecule has 124 valence electrons. The summed E-state index contributed by atoms with van der Waals surface area (Å²) in [4.78, 5) is 4.33. The van der Waals surface area contributed by atoms with Gasteiger partial charge in [-0.3, -0.25) is 0 Å². The summed E-state index contributed by atoms with van der Waals surface area (Å²) in [6.45, 7) is 1.92. The van der Waals surface area contributed by atoms with Crippen molar-refractivity contribution in [2.75, 3.05) is 22.1 Å². The highest BCUT2D eigenvalue weighted by Crippen LogP contribution is 2.32. The average molecular weight is 344 g/mol. The third kappa shape index (κ3) is 2.67. The van der Waals surface area contributed by atoms with Crippen LogP contribution in [0.5, 0.6) is 0 Å². The van der Waals surface area contributed by atoms with Crippen molar-refractivity contribution in [3.05, 3.63) is 35.0 Å². The van der Waals surface area contributed by atoms with Crippen LogP contribution < -0.4 is 22.1 Å². The maximum atomic E-state index is 6.31. The minimum absolute atomic E-state index is 0.474. The van der Waals surface area contributed by atoms with Crippen LogP contribution in [-0.2, 0) is 0 Å². The first kappa shape index (κ1) is 14.9. The number of rotatable bonds is 4. The molecular weight excluding hydrogens is 326 g/mol. The monoisotopic (exact) mass is 343 g/mol. The second-order valence-electron chi connectivity index (χ2n) is 6.09. The fourth-order valence-electron chi connectivity index (χ4n) is 2.52. The fraction of sp³-hybridized carbons (Fsp3) is 0.250. The van der Waals surface area contributed by atoms with E-state index in [1.54, 1.807) is 16.8 Å². The van der Waals surface area contributed by atoms with E-state index in [4.69, 9.17) is 23.1 Å². The van der Waals surface area contributed by atoms with Crippen molar-refractivity contribution in [1.82, 2.24) is 14.6 Å². The Bertz CT molecular complexity index is 930. The Morgan fingerprint density at radius 2 is 2.00 bits per heavy atom. The van der Waals surface area contributed by atoms with Crippen LogP contribution in [0.4, 0.5) is 28.7 Å². The Labute approximate surface area is 144 Å². The molecule has 1 aliphatic rings. The molecule has 1 fully saturated rings. The average Bonchev–Trinajstić information content (AvgIpc) is 3.27. The number of benzene rings is 1. The van der Waals surface area contributed by atoms with Crippen molar-refractivity contribution in [1.29, 1.82) is 0 Å². The first-order valence-corrected chi connectivity index (χ1v) is 8.12. The second kappa shape index (κ2) is 5.45. The van der Waals surface area contributed by atoms with Gasteiger partial charge in [-0.25, -0.2) is 4.98 Å². The third-order valence-corrected chi connectivity index (χ3v) is 4.36. The molecule has 0 atom stereocenters. The molecule has 1 saturated carbocycles. The minimum atomic E-state index is 0.474. The predicted molar refractivity (Wildman–Crippen MR) is 97.9 cm³/mol. The van der Waals surface area contributed by atoms with E-state index in [0.717, 1.165) is 24.1 Å². The van der Waals surface area contributed by atoms with Gasteiger partial charge in [0.25, 0.3) is 0 Å². The van der Waals surface area contributed by atoms with Crippen molar-refractivity contribution in [3.63, 3.8) is 0 Å². The Kier molecular flexibility index (Phi) is 3.38. The number of fused-ring (bicyclic) bond motifs is 1. The van der Waals surface area contributed by atoms with E-state index in [-0.39, 0.29) is 0 Å². The molecule has 0 saturated heterocycles. The number of aromatic nitrogens is 3. The molecule has 2 aromatic heterocycles. The van der Waals surface area contributed by atoms with Crippen LogP contribution in [0.1, 0.15) is 18.4 Å². The van der Waals surface area contributed by atoms with E-state index >= 15 is 0 Å². The zero-order valence-corrected chi connectivity index (χ0v) is 13.9. The van der Waals surface area contributed by atoms with Gasteiger partial charge >= 0.3 is 0 Å². The van der Waals surface area contributed by atoms with Crippen LogP contribution >= 0.6 is 11.6 Å². The summed E-state index contributed by atoms with van der Waals surface area (Å²) in [5, 5.41) is 11.7. The van der Waals surface area contributed by atoms with Gasteiger partial charge in [0.05, 0.1) is 22.6 Å². The van der Waals surface area contributed by atoms with Crippen LogP contribution in [0.15, 0.2) is 24.4 Å². The first-order chi connectivity index (χ1) is 11.5. The summed E-state index contributed by atoms with van der Waals surface area (Å²) in [6.07, 6.45) is 3.92. The number of nitrogens with one attached hydrogen (secondary N) is 2. The maximum Gasteiger partial charge on any atom is 0.179 e. The standard InChI is InChI=1S/C16H18ClN7/c1-8-4-10(17)12(5-11(8)18)22-15-6-13(21-9-2-3-9)16-20-7-14(19)24(16)23-15/h4-7,9,21H,2-3,18-19H2,1H3,(H,22,23). The minimum Gasteiger partial charge on any atom is -0.398 e. The van der Waals surface area contributed by atoms with Crippen LogP contribution in [0.3, 0.4) is 0 Å². The quantitative estimate of drug-likeness (QED) is 0.542. The molecule has 8 heteroatoms. The van der Waals surface area contributed by atoms with E-state index in [9.17, 15) is 0 Å². The molecule has 24 heavy (non-hydrogen) atoms. The lowest BCUT2D eigenvalue weighted by Gasteiger charge is -2.13. The van der Waals surface area contributed by atoms with E-state index in [2.05, 4.69) is 20.7 Å². The number of imidazole rings is 1. The van der Waals surface area contributed by atoms with Gasteiger partial charge in [-0.15, -0.1) is 5.10 Å². The lowest BCUT2D eigenvalue weighted by molar-refractivity contribution is 0.949. The maximum absolute atomic E-state index is 6.31. The Hall–Kier alpha value is -2.67. The number of aryl methyl sites for hydroxylation is 1. The molecule has 2 heterocycles. The molecule has 0 aliphatic heterocycles. The van der Waals surface area contributed by atoms with Crippen LogP contribution in [0.25, 0.3) is 5.65 Å². The molecule has 4 rings (SSSR count). The van der Waals surface area contributed by atoms with E-state index in [0.29, 0.717) is 39.7 Å². The highest BCUT2D eigenvalue weighted by Gasteiger charge is 2.23. The number of nitrogen functional groups attached to an aromatic ring is 2. The van der Waals surface area contributed by atoms with Crippen LogP contribution in [0, 0.1) is 6.92 Å². The largest absolute Gasteiger partial charge is 0.398 e. The number of nitrogens with two attached hydrogens (primary N) is 2. The van der Waals surface area contributed by atoms with E-state index in [1.807, 2.05) is 19.1 Å². The highest BCUT2D eigenvalue weighted by molar-refractivity contribution is 6.33. The number of hydrogen-bond acceptors (Lipinski definition) is 6. The van der Waals surface area contributed by atoms with Gasteiger partial charge in [0, 0.05) is 17.8 Å². The number of hydrogen-bond donors (Lipinski definition) is 4. The number of nitrogens with zero attached hydrogens (tertiary/aromatic N) is 3. The lowest BCUT2D eigenvalue weighted by Crippen LogP contribution is -2.08. The molecule has 7 nitrogen and oxygen atoms in total. The summed E-state index contributed by atoms with van der Waals surface area (Å²) in [5.41, 5.74) is 15.8. The highest BCUT2D eigenvalue weighted by atomic mass is 35.5. The summed E-state index contributed by atoms with van der Waals surface area (Å²) in [6, 6.07) is 6.02. The van der Waals surface area contributed by atoms with Gasteiger partial charge in [-0.1, -0.05) is 11.6 Å². The summed E-state index contributed by atoms with van der Waals surface area (Å²) < 4.78 is 1.61. The molecule has 0 amide bonds. The molecule has 6 N–H and O–H groups in total. The van der Waals surface area contributed by atoms with Gasteiger partial charge in [-0.2, -0.15) is 4.52 Å². The molecule has 1 aromatic carbocycles. The molecule has 1 aliphatic carbocycles. The van der Waals surface area contributed by atoms with Gasteiger partial charge in [0.1, 0.15) is 5.82 Å². The van der Waals surface area contributed by atoms with Gasteiger partial charge in [-0.05, 0) is 37.5 Å². The van der Waals surface area contributed by atoms with Gasteiger partial charge < -0.3 is 22.1 Å². The molecule has 0 bridgehead atoms. The third-order valence-electron chi connectivity index (χ3n) is 4.05. The first-order valence-electron chi connectivity index (χ1n) is 7.74. The van der Waals surface area contributed by atoms with Crippen molar-refractivity contribution in [3.8, 4) is 0 Å². The topological polar surface area (TPSA) is 106 Å². The Morgan fingerprint density at radius 3 is 2.75 bits per heavy atom. The molecule has 0 radical (unpaired) electrons. The number of anilines is 5. The zero-order valence-electron chi connectivity index (χ0n) is 13.2. The smallest absolute Gasteiger partial charge is 0.179 e. The van der Waals surface area contributed by atoms with E-state index < -0.39 is 0 Å². The zero-order chi connectivity index (χ0) is 16.8. The molecular formula is C16H18ClN7. The normalized spacial score (nSPS) is 14.1. The second-order valence-corrected chi connectivity index (χ2v) is 6.50. The summed E-state index contributed by atoms with van der Waals surface area (Å²) in [5.74, 6) is 1.09. The lowest BCUT2D eigenvalue weighted by atomic mass is 10.2. The summed E-state index contributed by atoms with van der Waals surface area (Å²) >= 11 is 6.31. The Balaban J connectivity index is 1.76. The van der Waals surface area contributed by atoms with Gasteiger partial charge in [0.15, 0.2) is 11.5 Å². The van der Waals surface area contributed by atoms with Crippen molar-refractivity contribution < 1.29 is 0 Å². The van der Waals surface area contributed by atoms with Gasteiger partial charge in [0.2, 0.25) is 0 Å². The fourth-order valence-corrected chi connectivity index (χ4v) is 2.79. The Morgan fingerprint density at radius 1 is 1.21 bits per heavy atom. The summed E-state index contributed by atoms with van der Waals surface area (Å²) in [7, 11) is 0. The number of halogens is 1. The molecule has 0 spiro atoms. The predicted octanol–water partition coefficient (Wildman–Crippen LogP) is 3.17. The van der Waals surface area contributed by atoms with Crippen molar-refractivity contribution >= 4 is 45.9 Å². The SMILES string of the molecule is Cc1cc(Cl)c(Nc2cc(NC3CC3)c3ncc(N)n3n2)cc1N. The van der Waals surface area contributed by atoms with Crippen molar-refractivity contribution in [2.45, 2.75) is 25.8 Å². The molecule has 3 aromatic rings. The van der Waals surface area contributed by atoms with Crippen LogP contribution in [-0.4, -0.2) is 20.6 Å². The van der Waals surface area contributed by atoms with E-state index in [1.165, 1.54) is 0 Å². The van der Waals surface area contributed by atoms with Crippen LogP contribution in [0.2, 0.25) is 5.02 Å². The molecule has 0 unspecified atom stereocenters.